The molecule has 1 aromatic carbocycles. The van der Waals surface area contributed by atoms with Crippen molar-refractivity contribution in [1.82, 2.24) is 5.32 Å². The van der Waals surface area contributed by atoms with Gasteiger partial charge in [-0.2, -0.15) is 0 Å². The van der Waals surface area contributed by atoms with E-state index in [-0.39, 0.29) is 12.3 Å². The first-order valence-corrected chi connectivity index (χ1v) is 6.48. The zero-order valence-corrected chi connectivity index (χ0v) is 12.5. The highest BCUT2D eigenvalue weighted by Crippen LogP contribution is 2.22. The molecule has 104 valence electrons. The third-order valence-electron chi connectivity index (χ3n) is 2.37. The van der Waals surface area contributed by atoms with Crippen molar-refractivity contribution in [2.75, 3.05) is 11.9 Å². The van der Waals surface area contributed by atoms with Gasteiger partial charge in [0.2, 0.25) is 0 Å². The minimum Gasteiger partial charge on any atom is -0.331 e. The molecule has 0 saturated carbocycles. The van der Waals surface area contributed by atoms with Crippen LogP contribution >= 0.6 is 23.2 Å². The van der Waals surface area contributed by atoms with Gasteiger partial charge < -0.3 is 10.6 Å². The highest BCUT2D eigenvalue weighted by molar-refractivity contribution is 6.35. The number of nitrogens with one attached hydrogen (secondary N) is 2. The number of carbonyl (C=O) groups excluding carboxylic acids is 2. The second-order valence-electron chi connectivity index (χ2n) is 5.14. The van der Waals surface area contributed by atoms with Gasteiger partial charge in [-0.25, -0.2) is 4.79 Å². The molecule has 0 fully saturated rings. The normalized spacial score (nSPS) is 11.0. The molecule has 0 aliphatic heterocycles. The molecule has 0 saturated heterocycles. The molecule has 6 heteroatoms. The number of Topliss-reactive ketones (excluding diaryl/α,β-unsaturated/α-hetero) is 1. The van der Waals surface area contributed by atoms with Crippen molar-refractivity contribution in [3.8, 4) is 0 Å². The Morgan fingerprint density at radius 2 is 1.63 bits per heavy atom. The molecule has 0 aliphatic rings. The lowest BCUT2D eigenvalue weighted by molar-refractivity contribution is -0.125. The summed E-state index contributed by atoms with van der Waals surface area (Å²) in [5.41, 5.74) is -0.00896. The van der Waals surface area contributed by atoms with E-state index in [0.717, 1.165) is 0 Å². The molecule has 0 aliphatic carbocycles. The van der Waals surface area contributed by atoms with Crippen molar-refractivity contribution >= 4 is 40.7 Å². The molecule has 0 spiro atoms. The standard InChI is InChI=1S/C13H16Cl2N2O2/c1-13(2,3)11(18)7-16-12(19)17-10-5-8(14)4-9(15)6-10/h4-6H,7H2,1-3H3,(H2,16,17,19). The van der Waals surface area contributed by atoms with Crippen LogP contribution in [0.25, 0.3) is 0 Å². The van der Waals surface area contributed by atoms with E-state index in [4.69, 9.17) is 23.2 Å². The third-order valence-corrected chi connectivity index (χ3v) is 2.80. The van der Waals surface area contributed by atoms with Gasteiger partial charge in [-0.3, -0.25) is 4.79 Å². The second kappa shape index (κ2) is 6.26. The molecule has 0 bridgehead atoms. The van der Waals surface area contributed by atoms with Crippen LogP contribution in [0.3, 0.4) is 0 Å². The molecular formula is C13H16Cl2N2O2. The molecular weight excluding hydrogens is 287 g/mol. The SMILES string of the molecule is CC(C)(C)C(=O)CNC(=O)Nc1cc(Cl)cc(Cl)c1. The molecule has 0 radical (unpaired) electrons. The van der Waals surface area contributed by atoms with Gasteiger partial charge in [-0.15, -0.1) is 0 Å². The van der Waals surface area contributed by atoms with Crippen LogP contribution in [0.2, 0.25) is 10.0 Å². The van der Waals surface area contributed by atoms with Crippen molar-refractivity contribution in [2.45, 2.75) is 20.8 Å². The fourth-order valence-corrected chi connectivity index (χ4v) is 1.75. The highest BCUT2D eigenvalue weighted by atomic mass is 35.5. The monoisotopic (exact) mass is 302 g/mol. The summed E-state index contributed by atoms with van der Waals surface area (Å²) in [5, 5.41) is 5.90. The summed E-state index contributed by atoms with van der Waals surface area (Å²) in [6, 6.07) is 4.22. The number of hydrogen-bond acceptors (Lipinski definition) is 2. The van der Waals surface area contributed by atoms with E-state index in [2.05, 4.69) is 10.6 Å². The summed E-state index contributed by atoms with van der Waals surface area (Å²) in [4.78, 5) is 23.3. The molecule has 2 amide bonds. The molecule has 0 heterocycles. The lowest BCUT2D eigenvalue weighted by Gasteiger charge is -2.17. The molecule has 19 heavy (non-hydrogen) atoms. The first kappa shape index (κ1) is 15.8. The van der Waals surface area contributed by atoms with Gasteiger partial charge in [0.05, 0.1) is 6.54 Å². The fraction of sp³-hybridized carbons (Fsp3) is 0.385. The number of amides is 2. The number of hydrogen-bond donors (Lipinski definition) is 2. The van der Waals surface area contributed by atoms with Crippen LogP contribution in [0, 0.1) is 5.41 Å². The van der Waals surface area contributed by atoms with Crippen molar-refractivity contribution in [1.29, 1.82) is 0 Å². The summed E-state index contributed by atoms with van der Waals surface area (Å²) >= 11 is 11.6. The first-order chi connectivity index (χ1) is 8.68. The average Bonchev–Trinajstić information content (AvgIpc) is 2.22. The second-order valence-corrected chi connectivity index (χ2v) is 6.01. The van der Waals surface area contributed by atoms with Gasteiger partial charge in [-0.05, 0) is 18.2 Å². The fourth-order valence-electron chi connectivity index (χ4n) is 1.23. The van der Waals surface area contributed by atoms with Crippen molar-refractivity contribution in [3.05, 3.63) is 28.2 Å². The maximum absolute atomic E-state index is 11.6. The van der Waals surface area contributed by atoms with Gasteiger partial charge in [0, 0.05) is 21.1 Å². The van der Waals surface area contributed by atoms with Crippen molar-refractivity contribution in [2.24, 2.45) is 5.41 Å². The van der Waals surface area contributed by atoms with Crippen molar-refractivity contribution in [3.63, 3.8) is 0 Å². The number of carbonyl (C=O) groups is 2. The first-order valence-electron chi connectivity index (χ1n) is 5.73. The number of halogens is 2. The molecule has 4 nitrogen and oxygen atoms in total. The van der Waals surface area contributed by atoms with Crippen LogP contribution in [0.5, 0.6) is 0 Å². The summed E-state index contributed by atoms with van der Waals surface area (Å²) in [6.07, 6.45) is 0. The quantitative estimate of drug-likeness (QED) is 0.894. The van der Waals surface area contributed by atoms with Crippen LogP contribution in [-0.2, 0) is 4.79 Å². The van der Waals surface area contributed by atoms with E-state index in [9.17, 15) is 9.59 Å². The predicted octanol–water partition coefficient (Wildman–Crippen LogP) is 3.73. The number of anilines is 1. The van der Waals surface area contributed by atoms with Gasteiger partial charge in [0.15, 0.2) is 5.78 Å². The number of ketones is 1. The van der Waals surface area contributed by atoms with E-state index < -0.39 is 11.4 Å². The molecule has 0 aromatic heterocycles. The van der Waals surface area contributed by atoms with Gasteiger partial charge in [0.1, 0.15) is 0 Å². The largest absolute Gasteiger partial charge is 0.331 e. The summed E-state index contributed by atoms with van der Waals surface area (Å²) < 4.78 is 0. The Labute approximate surface area is 122 Å². The molecule has 0 unspecified atom stereocenters. The molecule has 0 atom stereocenters. The zero-order chi connectivity index (χ0) is 14.6. The highest BCUT2D eigenvalue weighted by Gasteiger charge is 2.21. The molecule has 1 aromatic rings. The molecule has 2 N–H and O–H groups in total. The summed E-state index contributed by atoms with van der Waals surface area (Å²) in [6.45, 7) is 5.37. The molecule has 1 rings (SSSR count). The smallest absolute Gasteiger partial charge is 0.319 e. The maximum Gasteiger partial charge on any atom is 0.319 e. The van der Waals surface area contributed by atoms with E-state index in [1.807, 2.05) is 0 Å². The van der Waals surface area contributed by atoms with E-state index in [1.54, 1.807) is 39.0 Å². The van der Waals surface area contributed by atoms with E-state index in [1.165, 1.54) is 0 Å². The zero-order valence-electron chi connectivity index (χ0n) is 11.0. The minimum atomic E-state index is -0.480. The van der Waals surface area contributed by atoms with Crippen LogP contribution in [0.15, 0.2) is 18.2 Å². The van der Waals surface area contributed by atoms with Crippen molar-refractivity contribution < 1.29 is 9.59 Å². The lowest BCUT2D eigenvalue weighted by Crippen LogP contribution is -2.37. The number of urea groups is 1. The number of benzene rings is 1. The van der Waals surface area contributed by atoms with Gasteiger partial charge >= 0.3 is 6.03 Å². The topological polar surface area (TPSA) is 58.2 Å². The van der Waals surface area contributed by atoms with Crippen LogP contribution in [0.1, 0.15) is 20.8 Å². The maximum atomic E-state index is 11.6. The Kier molecular flexibility index (Phi) is 5.20. The summed E-state index contributed by atoms with van der Waals surface area (Å²) in [5.74, 6) is -0.0493. The van der Waals surface area contributed by atoms with E-state index in [0.29, 0.717) is 15.7 Å². The average molecular weight is 303 g/mol. The third kappa shape index (κ3) is 5.49. The lowest BCUT2D eigenvalue weighted by atomic mass is 9.91. The number of rotatable bonds is 3. The van der Waals surface area contributed by atoms with Gasteiger partial charge in [0.25, 0.3) is 0 Å². The minimum absolute atomic E-state index is 0.0242. The Balaban J connectivity index is 2.54. The Morgan fingerprint density at radius 3 is 2.11 bits per heavy atom. The Hall–Kier alpha value is -1.26. The Morgan fingerprint density at radius 1 is 1.11 bits per heavy atom. The van der Waals surface area contributed by atoms with Crippen LogP contribution in [-0.4, -0.2) is 18.4 Å². The van der Waals surface area contributed by atoms with Gasteiger partial charge in [-0.1, -0.05) is 44.0 Å². The van der Waals surface area contributed by atoms with E-state index >= 15 is 0 Å². The predicted molar refractivity (Wildman–Crippen MR) is 77.9 cm³/mol. The Bertz CT molecular complexity index is 476. The van der Waals surface area contributed by atoms with Crippen LogP contribution in [0.4, 0.5) is 10.5 Å². The summed E-state index contributed by atoms with van der Waals surface area (Å²) in [7, 11) is 0. The van der Waals surface area contributed by atoms with Crippen LogP contribution < -0.4 is 10.6 Å².